The Morgan fingerprint density at radius 1 is 1.10 bits per heavy atom. The summed E-state index contributed by atoms with van der Waals surface area (Å²) >= 11 is 0. The third-order valence-corrected chi connectivity index (χ3v) is 4.40. The molecule has 166 valence electrons. The van der Waals surface area contributed by atoms with Crippen molar-refractivity contribution in [3.63, 3.8) is 0 Å². The minimum absolute atomic E-state index is 0.0944. The van der Waals surface area contributed by atoms with Crippen molar-refractivity contribution in [2.45, 2.75) is 63.7 Å². The average Bonchev–Trinajstić information content (AvgIpc) is 2.72. The number of carboxylic acids is 1. The van der Waals surface area contributed by atoms with Gasteiger partial charge in [0.05, 0.1) is 12.5 Å². The fraction of sp³-hybridized carbons (Fsp3) is 0.500. The number of alkyl carbamates (subject to hydrolysis) is 1. The van der Waals surface area contributed by atoms with Gasteiger partial charge in [-0.3, -0.25) is 4.79 Å². The van der Waals surface area contributed by atoms with E-state index in [2.05, 4.69) is 17.2 Å². The number of carboxylic acid groups (broad SMARTS) is 1. The number of ether oxygens (including phenoxy) is 1. The number of rotatable bonds is 15. The van der Waals surface area contributed by atoms with Crippen LogP contribution in [-0.4, -0.2) is 46.9 Å². The molecule has 0 radical (unpaired) electrons. The number of amides is 2. The smallest absolute Gasteiger partial charge is 0.407 e. The van der Waals surface area contributed by atoms with Crippen LogP contribution in [0.2, 0.25) is 0 Å². The van der Waals surface area contributed by atoms with E-state index < -0.39 is 30.1 Å². The van der Waals surface area contributed by atoms with Crippen LogP contribution in [0.15, 0.2) is 43.0 Å². The second-order valence-corrected chi connectivity index (χ2v) is 7.04. The summed E-state index contributed by atoms with van der Waals surface area (Å²) in [5.41, 5.74) is 0.827. The highest BCUT2D eigenvalue weighted by molar-refractivity contribution is 5.83. The summed E-state index contributed by atoms with van der Waals surface area (Å²) in [4.78, 5) is 35.0. The molecule has 0 aliphatic carbocycles. The molecule has 0 fully saturated rings. The number of unbranched alkanes of at least 4 members (excludes halogenated alkanes) is 4. The van der Waals surface area contributed by atoms with E-state index in [1.54, 1.807) is 0 Å². The molecule has 8 heteroatoms. The first-order valence-electron chi connectivity index (χ1n) is 10.2. The first-order valence-corrected chi connectivity index (χ1v) is 10.2. The molecule has 0 spiro atoms. The first kappa shape index (κ1) is 25.2. The van der Waals surface area contributed by atoms with Crippen molar-refractivity contribution in [2.24, 2.45) is 0 Å². The van der Waals surface area contributed by atoms with Crippen molar-refractivity contribution >= 4 is 18.0 Å². The van der Waals surface area contributed by atoms with Crippen LogP contribution in [0.4, 0.5) is 4.79 Å². The van der Waals surface area contributed by atoms with Crippen LogP contribution in [0.25, 0.3) is 0 Å². The standard InChI is InChI=1S/C22H32N2O6/c1-2-3-4-5-6-10-13-19(21(27)28)24-20(26)14-18(25)15-23-22(29)30-16-17-11-8-7-9-12-17/h2,7-9,11-12,18-19,25H,1,3-6,10,13-16H2,(H,23,29)(H,24,26)(H,27,28)/t18-,19-/m0/s1. The van der Waals surface area contributed by atoms with Gasteiger partial charge in [0.25, 0.3) is 0 Å². The highest BCUT2D eigenvalue weighted by atomic mass is 16.5. The molecule has 2 amide bonds. The summed E-state index contributed by atoms with van der Waals surface area (Å²) in [6, 6.07) is 8.13. The molecule has 1 aromatic carbocycles. The van der Waals surface area contributed by atoms with Crippen LogP contribution in [0.3, 0.4) is 0 Å². The van der Waals surface area contributed by atoms with Crippen LogP contribution in [0, 0.1) is 0 Å². The zero-order chi connectivity index (χ0) is 22.2. The molecule has 4 N–H and O–H groups in total. The molecule has 1 rings (SSSR count). The Bertz CT molecular complexity index is 665. The van der Waals surface area contributed by atoms with E-state index in [1.807, 2.05) is 36.4 Å². The summed E-state index contributed by atoms with van der Waals surface area (Å²) in [5, 5.41) is 24.0. The molecule has 0 unspecified atom stereocenters. The van der Waals surface area contributed by atoms with E-state index in [0.717, 1.165) is 31.2 Å². The molecule has 1 aromatic rings. The fourth-order valence-electron chi connectivity index (χ4n) is 2.76. The summed E-state index contributed by atoms with van der Waals surface area (Å²) in [6.07, 6.45) is 4.50. The van der Waals surface area contributed by atoms with E-state index in [0.29, 0.717) is 12.8 Å². The van der Waals surface area contributed by atoms with Gasteiger partial charge in [0.15, 0.2) is 0 Å². The van der Waals surface area contributed by atoms with Gasteiger partial charge in [0.1, 0.15) is 12.6 Å². The number of nitrogens with one attached hydrogen (secondary N) is 2. The van der Waals surface area contributed by atoms with Crippen molar-refractivity contribution in [1.29, 1.82) is 0 Å². The molecule has 8 nitrogen and oxygen atoms in total. The molecule has 2 atom stereocenters. The number of aliphatic hydroxyl groups excluding tert-OH is 1. The highest BCUT2D eigenvalue weighted by Gasteiger charge is 2.21. The molecule has 0 saturated heterocycles. The number of allylic oxidation sites excluding steroid dienone is 1. The molecule has 0 bridgehead atoms. The number of benzene rings is 1. The van der Waals surface area contributed by atoms with Crippen LogP contribution < -0.4 is 10.6 Å². The zero-order valence-corrected chi connectivity index (χ0v) is 17.2. The van der Waals surface area contributed by atoms with Crippen molar-refractivity contribution in [3.05, 3.63) is 48.6 Å². The molecule has 0 aliphatic heterocycles. The van der Waals surface area contributed by atoms with E-state index in [-0.39, 0.29) is 19.6 Å². The molecule has 0 aliphatic rings. The number of hydrogen-bond acceptors (Lipinski definition) is 5. The van der Waals surface area contributed by atoms with Crippen molar-refractivity contribution in [2.75, 3.05) is 6.54 Å². The van der Waals surface area contributed by atoms with Crippen molar-refractivity contribution in [3.8, 4) is 0 Å². The fourth-order valence-corrected chi connectivity index (χ4v) is 2.76. The Morgan fingerprint density at radius 3 is 2.47 bits per heavy atom. The number of aliphatic carboxylic acids is 1. The number of hydrogen-bond donors (Lipinski definition) is 4. The van der Waals surface area contributed by atoms with Crippen LogP contribution in [0.5, 0.6) is 0 Å². The number of carbonyl (C=O) groups is 3. The number of carbonyl (C=O) groups excluding carboxylic acids is 2. The SMILES string of the molecule is C=CCCCCCC[C@H](NC(=O)C[C@H](O)CNC(=O)OCc1ccccc1)C(=O)O. The van der Waals surface area contributed by atoms with Gasteiger partial charge in [0, 0.05) is 6.54 Å². The Labute approximate surface area is 177 Å². The lowest BCUT2D eigenvalue weighted by molar-refractivity contribution is -0.142. The van der Waals surface area contributed by atoms with Gasteiger partial charge in [-0.25, -0.2) is 9.59 Å². The highest BCUT2D eigenvalue weighted by Crippen LogP contribution is 2.08. The number of aliphatic hydroxyl groups is 1. The van der Waals surface area contributed by atoms with E-state index in [9.17, 15) is 24.6 Å². The largest absolute Gasteiger partial charge is 0.480 e. The summed E-state index contributed by atoms with van der Waals surface area (Å²) in [6.45, 7) is 3.57. The predicted molar refractivity (Wildman–Crippen MR) is 113 cm³/mol. The Morgan fingerprint density at radius 2 is 1.80 bits per heavy atom. The Balaban J connectivity index is 2.24. The maximum absolute atomic E-state index is 12.0. The summed E-state index contributed by atoms with van der Waals surface area (Å²) in [7, 11) is 0. The second kappa shape index (κ2) is 15.0. The lowest BCUT2D eigenvalue weighted by Crippen LogP contribution is -2.43. The van der Waals surface area contributed by atoms with Gasteiger partial charge in [-0.05, 0) is 24.8 Å². The monoisotopic (exact) mass is 420 g/mol. The topological polar surface area (TPSA) is 125 Å². The molecule has 0 saturated carbocycles. The van der Waals surface area contributed by atoms with Gasteiger partial charge in [-0.1, -0.05) is 55.7 Å². The lowest BCUT2D eigenvalue weighted by Gasteiger charge is -2.16. The van der Waals surface area contributed by atoms with Crippen LogP contribution in [0.1, 0.15) is 50.5 Å². The zero-order valence-electron chi connectivity index (χ0n) is 17.2. The van der Waals surface area contributed by atoms with Crippen molar-refractivity contribution < 1.29 is 29.3 Å². The quantitative estimate of drug-likeness (QED) is 0.255. The molecular formula is C22H32N2O6. The summed E-state index contributed by atoms with van der Waals surface area (Å²) < 4.78 is 5.01. The van der Waals surface area contributed by atoms with Gasteiger partial charge >= 0.3 is 12.1 Å². The van der Waals surface area contributed by atoms with E-state index in [4.69, 9.17) is 4.74 Å². The van der Waals surface area contributed by atoms with Crippen molar-refractivity contribution in [1.82, 2.24) is 10.6 Å². The Kier molecular flexibility index (Phi) is 12.6. The Hall–Kier alpha value is -2.87. The van der Waals surface area contributed by atoms with Gasteiger partial charge < -0.3 is 25.6 Å². The third kappa shape index (κ3) is 11.9. The summed E-state index contributed by atoms with van der Waals surface area (Å²) in [5.74, 6) is -1.69. The predicted octanol–water partition coefficient (Wildman–Crippen LogP) is 2.76. The minimum atomic E-state index is -1.15. The maximum atomic E-state index is 12.0. The van der Waals surface area contributed by atoms with E-state index >= 15 is 0 Å². The maximum Gasteiger partial charge on any atom is 0.407 e. The third-order valence-electron chi connectivity index (χ3n) is 4.40. The van der Waals surface area contributed by atoms with Gasteiger partial charge in [-0.15, -0.1) is 6.58 Å². The van der Waals surface area contributed by atoms with Gasteiger partial charge in [-0.2, -0.15) is 0 Å². The molecule has 0 heterocycles. The van der Waals surface area contributed by atoms with Crippen LogP contribution >= 0.6 is 0 Å². The molecule has 30 heavy (non-hydrogen) atoms. The van der Waals surface area contributed by atoms with E-state index in [1.165, 1.54) is 0 Å². The normalized spacial score (nSPS) is 12.4. The minimum Gasteiger partial charge on any atom is -0.480 e. The van der Waals surface area contributed by atoms with Gasteiger partial charge in [0.2, 0.25) is 5.91 Å². The average molecular weight is 421 g/mol. The first-order chi connectivity index (χ1) is 14.4. The molecule has 0 aromatic heterocycles. The van der Waals surface area contributed by atoms with Crippen LogP contribution in [-0.2, 0) is 20.9 Å². The molecular weight excluding hydrogens is 388 g/mol. The second-order valence-electron chi connectivity index (χ2n) is 7.04. The lowest BCUT2D eigenvalue weighted by atomic mass is 10.1.